The number of rotatable bonds is 8. The van der Waals surface area contributed by atoms with Crippen LogP contribution in [-0.4, -0.2) is 49.2 Å². The average molecular weight is 512 g/mol. The van der Waals surface area contributed by atoms with E-state index in [-0.39, 0.29) is 23.2 Å². The third-order valence-corrected chi connectivity index (χ3v) is 6.00. The Morgan fingerprint density at radius 2 is 1.78 bits per heavy atom. The molecule has 1 amide bonds. The van der Waals surface area contributed by atoms with Crippen LogP contribution in [0.15, 0.2) is 59.5 Å². The molecule has 0 radical (unpaired) electrons. The van der Waals surface area contributed by atoms with Gasteiger partial charge in [-0.25, -0.2) is 0 Å². The number of halogens is 3. The molecular formula is C28H30F3N4O2+. The molecule has 0 unspecified atom stereocenters. The van der Waals surface area contributed by atoms with Crippen molar-refractivity contribution in [1.29, 1.82) is 5.26 Å². The highest BCUT2D eigenvalue weighted by atomic mass is 19.4. The van der Waals surface area contributed by atoms with Gasteiger partial charge in [0.1, 0.15) is 5.56 Å². The van der Waals surface area contributed by atoms with Crippen molar-refractivity contribution < 1.29 is 22.4 Å². The Hall–Kier alpha value is -3.90. The molecule has 0 aliphatic carbocycles. The number of nitrogens with zero attached hydrogens (tertiary/aromatic N) is 3. The molecule has 194 valence electrons. The molecule has 0 spiro atoms. The maximum atomic E-state index is 13.5. The summed E-state index contributed by atoms with van der Waals surface area (Å²) in [5, 5.41) is 11.8. The third kappa shape index (κ3) is 7.08. The van der Waals surface area contributed by atoms with Crippen molar-refractivity contribution in [3.05, 3.63) is 92.9 Å². The number of alkyl halides is 3. The molecule has 0 bridgehead atoms. The summed E-state index contributed by atoms with van der Waals surface area (Å²) < 4.78 is 42.6. The standard InChI is InChI=1S/C28H29F3N4O2/c1-19-25(22-7-5-8-23(15-22)28(29,30)31)26(36)24(27(37)33-13-6-14-35(2,3)4)18-34(19)17-21-11-9-20(16-32)10-12-21/h5,7-12,15,18H,6,13-14,17H2,1-4H3/p+1. The molecule has 1 heterocycles. The second-order valence-electron chi connectivity index (χ2n) is 9.97. The minimum absolute atomic E-state index is 0.0405. The van der Waals surface area contributed by atoms with Gasteiger partial charge in [0.25, 0.3) is 5.91 Å². The highest BCUT2D eigenvalue weighted by Crippen LogP contribution is 2.32. The van der Waals surface area contributed by atoms with Crippen LogP contribution in [0.5, 0.6) is 0 Å². The van der Waals surface area contributed by atoms with E-state index in [1.165, 1.54) is 18.3 Å². The molecule has 1 N–H and O–H groups in total. The van der Waals surface area contributed by atoms with E-state index in [9.17, 15) is 22.8 Å². The topological polar surface area (TPSA) is 74.9 Å². The number of carbonyl (C=O) groups excluding carboxylic acids is 1. The minimum atomic E-state index is -4.58. The molecular weight excluding hydrogens is 481 g/mol. The van der Waals surface area contributed by atoms with Crippen molar-refractivity contribution in [3.8, 4) is 17.2 Å². The van der Waals surface area contributed by atoms with Crippen LogP contribution in [0, 0.1) is 18.3 Å². The van der Waals surface area contributed by atoms with Crippen LogP contribution in [0.1, 0.15) is 39.2 Å². The van der Waals surface area contributed by atoms with E-state index >= 15 is 0 Å². The third-order valence-electron chi connectivity index (χ3n) is 6.00. The van der Waals surface area contributed by atoms with Crippen LogP contribution < -0.4 is 10.7 Å². The predicted octanol–water partition coefficient (Wildman–Crippen LogP) is 4.59. The zero-order chi connectivity index (χ0) is 27.4. The molecule has 3 aromatic rings. The van der Waals surface area contributed by atoms with Gasteiger partial charge in [-0.3, -0.25) is 9.59 Å². The molecule has 6 nitrogen and oxygen atoms in total. The number of pyridine rings is 1. The Balaban J connectivity index is 2.07. The number of hydrogen-bond donors (Lipinski definition) is 1. The minimum Gasteiger partial charge on any atom is -0.352 e. The lowest BCUT2D eigenvalue weighted by molar-refractivity contribution is -0.870. The summed E-state index contributed by atoms with van der Waals surface area (Å²) in [4.78, 5) is 26.5. The molecule has 0 saturated heterocycles. The lowest BCUT2D eigenvalue weighted by Crippen LogP contribution is -2.38. The predicted molar refractivity (Wildman–Crippen MR) is 136 cm³/mol. The number of aromatic nitrogens is 1. The highest BCUT2D eigenvalue weighted by Gasteiger charge is 2.31. The Morgan fingerprint density at radius 3 is 2.38 bits per heavy atom. The van der Waals surface area contributed by atoms with E-state index in [0.717, 1.165) is 28.7 Å². The number of hydrogen-bond acceptors (Lipinski definition) is 3. The average Bonchev–Trinajstić information content (AvgIpc) is 2.83. The van der Waals surface area contributed by atoms with Crippen LogP contribution in [-0.2, 0) is 12.7 Å². The molecule has 1 aromatic heterocycles. The lowest BCUT2D eigenvalue weighted by Gasteiger charge is -2.23. The van der Waals surface area contributed by atoms with Crippen LogP contribution in [0.25, 0.3) is 11.1 Å². The first kappa shape index (κ1) is 27.7. The largest absolute Gasteiger partial charge is 0.416 e. The summed E-state index contributed by atoms with van der Waals surface area (Å²) in [6, 6.07) is 13.4. The van der Waals surface area contributed by atoms with Gasteiger partial charge in [-0.2, -0.15) is 18.4 Å². The van der Waals surface area contributed by atoms with Crippen LogP contribution >= 0.6 is 0 Å². The molecule has 0 aliphatic rings. The van der Waals surface area contributed by atoms with Gasteiger partial charge in [0, 0.05) is 37.0 Å². The lowest BCUT2D eigenvalue weighted by atomic mass is 9.98. The summed E-state index contributed by atoms with van der Waals surface area (Å²) in [6.45, 7) is 3.07. The summed E-state index contributed by atoms with van der Waals surface area (Å²) in [5.41, 5.74) is 0.195. The maximum absolute atomic E-state index is 13.5. The molecule has 9 heteroatoms. The second-order valence-corrected chi connectivity index (χ2v) is 9.97. The number of benzene rings is 2. The number of nitriles is 1. The zero-order valence-electron chi connectivity index (χ0n) is 21.3. The Bertz CT molecular complexity index is 1380. The van der Waals surface area contributed by atoms with Crippen LogP contribution in [0.2, 0.25) is 0 Å². The number of quaternary nitrogens is 1. The maximum Gasteiger partial charge on any atom is 0.416 e. The van der Waals surface area contributed by atoms with Crippen molar-refractivity contribution in [2.24, 2.45) is 0 Å². The SMILES string of the molecule is Cc1c(-c2cccc(C(F)(F)F)c2)c(=O)c(C(=O)NCCC[N+](C)(C)C)cn1Cc1ccc(C#N)cc1. The van der Waals surface area contributed by atoms with Gasteiger partial charge in [0.2, 0.25) is 5.43 Å². The van der Waals surface area contributed by atoms with E-state index in [1.807, 2.05) is 27.2 Å². The van der Waals surface area contributed by atoms with Crippen molar-refractivity contribution >= 4 is 5.91 Å². The molecule has 0 atom stereocenters. The monoisotopic (exact) mass is 511 g/mol. The van der Waals surface area contributed by atoms with Gasteiger partial charge >= 0.3 is 6.18 Å². The Labute approximate surface area is 214 Å². The fourth-order valence-corrected chi connectivity index (χ4v) is 4.00. The van der Waals surface area contributed by atoms with Gasteiger partial charge in [-0.1, -0.05) is 24.3 Å². The molecule has 0 fully saturated rings. The first-order valence-electron chi connectivity index (χ1n) is 11.8. The number of nitrogens with one attached hydrogen (secondary N) is 1. The molecule has 2 aromatic carbocycles. The summed E-state index contributed by atoms with van der Waals surface area (Å²) in [6.07, 6.45) is -2.44. The molecule has 3 rings (SSSR count). The van der Waals surface area contributed by atoms with E-state index < -0.39 is 23.1 Å². The smallest absolute Gasteiger partial charge is 0.352 e. The zero-order valence-corrected chi connectivity index (χ0v) is 21.3. The fourth-order valence-electron chi connectivity index (χ4n) is 4.00. The van der Waals surface area contributed by atoms with E-state index in [2.05, 4.69) is 5.32 Å². The van der Waals surface area contributed by atoms with Gasteiger partial charge in [-0.05, 0) is 42.3 Å². The fraction of sp³-hybridized carbons (Fsp3) is 0.321. The molecule has 37 heavy (non-hydrogen) atoms. The number of amides is 1. The second kappa shape index (κ2) is 11.0. The van der Waals surface area contributed by atoms with Crippen molar-refractivity contribution in [2.75, 3.05) is 34.2 Å². The van der Waals surface area contributed by atoms with Gasteiger partial charge in [0.15, 0.2) is 0 Å². The van der Waals surface area contributed by atoms with Crippen molar-refractivity contribution in [2.45, 2.75) is 26.1 Å². The van der Waals surface area contributed by atoms with Gasteiger partial charge in [0.05, 0.1) is 44.9 Å². The van der Waals surface area contributed by atoms with E-state index in [4.69, 9.17) is 5.26 Å². The normalized spacial score (nSPS) is 11.7. The summed E-state index contributed by atoms with van der Waals surface area (Å²) in [5.74, 6) is -0.576. The highest BCUT2D eigenvalue weighted by molar-refractivity contribution is 5.95. The van der Waals surface area contributed by atoms with Crippen molar-refractivity contribution in [3.63, 3.8) is 0 Å². The van der Waals surface area contributed by atoms with Gasteiger partial charge < -0.3 is 14.4 Å². The Kier molecular flexibility index (Phi) is 8.24. The first-order valence-corrected chi connectivity index (χ1v) is 11.8. The quantitative estimate of drug-likeness (QED) is 0.355. The Morgan fingerprint density at radius 1 is 1.11 bits per heavy atom. The first-order chi connectivity index (χ1) is 17.3. The van der Waals surface area contributed by atoms with E-state index in [1.54, 1.807) is 35.8 Å². The van der Waals surface area contributed by atoms with Crippen molar-refractivity contribution in [1.82, 2.24) is 9.88 Å². The van der Waals surface area contributed by atoms with Crippen LogP contribution in [0.4, 0.5) is 13.2 Å². The summed E-state index contributed by atoms with van der Waals surface area (Å²) in [7, 11) is 6.10. The van der Waals surface area contributed by atoms with E-state index in [0.29, 0.717) is 24.2 Å². The molecule has 0 saturated carbocycles. The molecule has 0 aliphatic heterocycles. The van der Waals surface area contributed by atoms with Gasteiger partial charge in [-0.15, -0.1) is 0 Å². The summed E-state index contributed by atoms with van der Waals surface area (Å²) >= 11 is 0. The number of carbonyl (C=O) groups is 1. The van der Waals surface area contributed by atoms with Crippen LogP contribution in [0.3, 0.4) is 0 Å².